The Balaban J connectivity index is 1.26. The highest BCUT2D eigenvalue weighted by atomic mass is 32.1. The lowest BCUT2D eigenvalue weighted by Crippen LogP contribution is -2.22. The van der Waals surface area contributed by atoms with Crippen LogP contribution in [0.2, 0.25) is 0 Å². The van der Waals surface area contributed by atoms with E-state index < -0.39 is 0 Å². The highest BCUT2D eigenvalue weighted by molar-refractivity contribution is 7.14. The average Bonchev–Trinajstić information content (AvgIpc) is 3.60. The topological polar surface area (TPSA) is 91.7 Å². The molecular weight excluding hydrogens is 410 g/mol. The van der Waals surface area contributed by atoms with Crippen molar-refractivity contribution in [1.29, 1.82) is 0 Å². The molecule has 9 heteroatoms. The van der Waals surface area contributed by atoms with E-state index >= 15 is 0 Å². The molecule has 0 spiro atoms. The second-order valence-electron chi connectivity index (χ2n) is 7.52. The van der Waals surface area contributed by atoms with Gasteiger partial charge >= 0.3 is 0 Å². The molecule has 1 unspecified atom stereocenters. The number of hydrogen-bond acceptors (Lipinski definition) is 6. The van der Waals surface area contributed by atoms with Gasteiger partial charge in [-0.2, -0.15) is 15.4 Å². The van der Waals surface area contributed by atoms with Gasteiger partial charge in [-0.3, -0.25) is 10.1 Å². The Hall–Kier alpha value is -3.46. The smallest absolute Gasteiger partial charge is 0.274 e. The van der Waals surface area contributed by atoms with Crippen LogP contribution in [0.4, 0.5) is 10.8 Å². The molecule has 0 radical (unpaired) electrons. The normalized spacial score (nSPS) is 16.0. The molecule has 3 aromatic heterocycles. The molecule has 1 fully saturated rings. The number of carbonyl (C=O) groups excluding carboxylic acids is 1. The quantitative estimate of drug-likeness (QED) is 0.461. The number of carbonyl (C=O) groups is 1. The minimum Gasteiger partial charge on any atom is -0.363 e. The minimum absolute atomic E-state index is 0.155. The van der Waals surface area contributed by atoms with Gasteiger partial charge < -0.3 is 9.47 Å². The van der Waals surface area contributed by atoms with Crippen molar-refractivity contribution in [2.45, 2.75) is 31.8 Å². The lowest BCUT2D eigenvalue weighted by molar-refractivity contribution is 0.101. The Morgan fingerprint density at radius 2 is 2.13 bits per heavy atom. The molecule has 1 aliphatic rings. The Bertz CT molecular complexity index is 1140. The summed E-state index contributed by atoms with van der Waals surface area (Å²) in [6.07, 6.45) is 6.50. The van der Waals surface area contributed by atoms with Crippen LogP contribution in [0.3, 0.4) is 0 Å². The first-order valence-corrected chi connectivity index (χ1v) is 11.2. The van der Waals surface area contributed by atoms with Gasteiger partial charge in [0.1, 0.15) is 5.69 Å². The summed E-state index contributed by atoms with van der Waals surface area (Å²) in [6.45, 7) is 1.67. The molecule has 158 valence electrons. The molecule has 1 amide bonds. The molecular formula is C22H23N7OS. The number of hydrogen-bond donors (Lipinski definition) is 2. The standard InChI is InChI=1S/C22H23N7OS/c30-21(20-9-4-11-28(20)13-10-16-14-23-27-26-16)25-22-24-18(15-31-22)19-8-5-12-29(19)17-6-2-1-3-7-17/h1-4,6-7,9,11,14-15,19H,5,8,10,12-13H2,(H,23,26,27)(H,24,25,30). The van der Waals surface area contributed by atoms with Crippen LogP contribution in [0.1, 0.15) is 40.8 Å². The molecule has 0 aliphatic carbocycles. The van der Waals surface area contributed by atoms with E-state index in [0.717, 1.165) is 30.8 Å². The summed E-state index contributed by atoms with van der Waals surface area (Å²) in [4.78, 5) is 20.0. The van der Waals surface area contributed by atoms with Gasteiger partial charge in [0.15, 0.2) is 5.13 Å². The summed E-state index contributed by atoms with van der Waals surface area (Å²) < 4.78 is 1.92. The van der Waals surface area contributed by atoms with Crippen molar-refractivity contribution in [3.8, 4) is 0 Å². The molecule has 4 heterocycles. The maximum atomic E-state index is 12.9. The third-order valence-corrected chi connectivity index (χ3v) is 6.34. The molecule has 0 saturated carbocycles. The first-order chi connectivity index (χ1) is 15.3. The molecule has 0 bridgehead atoms. The summed E-state index contributed by atoms with van der Waals surface area (Å²) in [5, 5.41) is 16.2. The number of nitrogens with zero attached hydrogens (tertiary/aromatic N) is 5. The van der Waals surface area contributed by atoms with E-state index in [4.69, 9.17) is 4.98 Å². The Labute approximate surface area is 183 Å². The zero-order chi connectivity index (χ0) is 21.0. The van der Waals surface area contributed by atoms with E-state index in [-0.39, 0.29) is 11.9 Å². The summed E-state index contributed by atoms with van der Waals surface area (Å²) in [5.41, 5.74) is 3.70. The van der Waals surface area contributed by atoms with E-state index in [2.05, 4.69) is 55.3 Å². The Morgan fingerprint density at radius 3 is 2.97 bits per heavy atom. The summed E-state index contributed by atoms with van der Waals surface area (Å²) >= 11 is 1.48. The fraction of sp³-hybridized carbons (Fsp3) is 0.273. The number of aryl methyl sites for hydroxylation is 2. The van der Waals surface area contributed by atoms with Crippen molar-refractivity contribution >= 4 is 28.1 Å². The monoisotopic (exact) mass is 433 g/mol. The molecule has 1 saturated heterocycles. The highest BCUT2D eigenvalue weighted by Gasteiger charge is 2.28. The van der Waals surface area contributed by atoms with Crippen molar-refractivity contribution in [2.75, 3.05) is 16.8 Å². The second kappa shape index (κ2) is 8.73. The number of thiazole rings is 1. The average molecular weight is 434 g/mol. The predicted octanol–water partition coefficient (Wildman–Crippen LogP) is 3.90. The SMILES string of the molecule is O=C(Nc1nc(C2CCCN2c2ccccc2)cs1)c1cccn1CCc1cn[nH]n1. The maximum absolute atomic E-state index is 12.9. The fourth-order valence-corrected chi connectivity index (χ4v) is 4.81. The number of anilines is 2. The van der Waals surface area contributed by atoms with Gasteiger partial charge in [0, 0.05) is 36.8 Å². The van der Waals surface area contributed by atoms with Crippen LogP contribution in [-0.4, -0.2) is 37.4 Å². The number of aromatic nitrogens is 5. The largest absolute Gasteiger partial charge is 0.363 e. The second-order valence-corrected chi connectivity index (χ2v) is 8.37. The number of aromatic amines is 1. The van der Waals surface area contributed by atoms with Crippen molar-refractivity contribution in [1.82, 2.24) is 25.0 Å². The third kappa shape index (κ3) is 4.22. The number of H-pyrrole nitrogens is 1. The first kappa shape index (κ1) is 19.5. The Morgan fingerprint density at radius 1 is 1.23 bits per heavy atom. The number of amides is 1. The van der Waals surface area contributed by atoms with Gasteiger partial charge in [-0.25, -0.2) is 4.98 Å². The van der Waals surface area contributed by atoms with Gasteiger partial charge in [0.2, 0.25) is 0 Å². The van der Waals surface area contributed by atoms with Crippen LogP contribution >= 0.6 is 11.3 Å². The molecule has 1 aliphatic heterocycles. The van der Waals surface area contributed by atoms with Gasteiger partial charge in [0.05, 0.1) is 23.6 Å². The molecule has 8 nitrogen and oxygen atoms in total. The van der Waals surface area contributed by atoms with E-state index in [1.165, 1.54) is 17.0 Å². The zero-order valence-electron chi connectivity index (χ0n) is 16.9. The van der Waals surface area contributed by atoms with Crippen LogP contribution in [-0.2, 0) is 13.0 Å². The van der Waals surface area contributed by atoms with Crippen LogP contribution in [0, 0.1) is 0 Å². The summed E-state index contributed by atoms with van der Waals surface area (Å²) in [5.74, 6) is -0.155. The van der Waals surface area contributed by atoms with Gasteiger partial charge in [-0.15, -0.1) is 11.3 Å². The number of para-hydroxylation sites is 1. The summed E-state index contributed by atoms with van der Waals surface area (Å²) in [6, 6.07) is 14.4. The zero-order valence-corrected chi connectivity index (χ0v) is 17.8. The fourth-order valence-electron chi connectivity index (χ4n) is 4.06. The van der Waals surface area contributed by atoms with Crippen molar-refractivity contribution < 1.29 is 4.79 Å². The molecule has 1 aromatic carbocycles. The van der Waals surface area contributed by atoms with Crippen LogP contribution in [0.5, 0.6) is 0 Å². The van der Waals surface area contributed by atoms with Crippen molar-refractivity contribution in [2.24, 2.45) is 0 Å². The molecule has 1 atom stereocenters. The van der Waals surface area contributed by atoms with E-state index in [1.807, 2.05) is 29.0 Å². The lowest BCUT2D eigenvalue weighted by atomic mass is 10.1. The maximum Gasteiger partial charge on any atom is 0.274 e. The first-order valence-electron chi connectivity index (χ1n) is 10.4. The molecule has 5 rings (SSSR count). The van der Waals surface area contributed by atoms with Gasteiger partial charge in [0.25, 0.3) is 5.91 Å². The van der Waals surface area contributed by atoms with E-state index in [9.17, 15) is 4.79 Å². The van der Waals surface area contributed by atoms with Gasteiger partial charge in [-0.1, -0.05) is 18.2 Å². The highest BCUT2D eigenvalue weighted by Crippen LogP contribution is 2.37. The number of nitrogens with one attached hydrogen (secondary N) is 2. The number of benzene rings is 1. The van der Waals surface area contributed by atoms with Crippen molar-refractivity contribution in [3.63, 3.8) is 0 Å². The van der Waals surface area contributed by atoms with E-state index in [1.54, 1.807) is 6.20 Å². The number of rotatable bonds is 7. The van der Waals surface area contributed by atoms with Crippen LogP contribution in [0.25, 0.3) is 0 Å². The summed E-state index contributed by atoms with van der Waals surface area (Å²) in [7, 11) is 0. The molecule has 31 heavy (non-hydrogen) atoms. The Kier molecular flexibility index (Phi) is 5.49. The van der Waals surface area contributed by atoms with Crippen LogP contribution < -0.4 is 10.2 Å². The minimum atomic E-state index is -0.155. The van der Waals surface area contributed by atoms with Crippen LogP contribution in [0.15, 0.2) is 60.2 Å². The molecule has 2 N–H and O–H groups in total. The van der Waals surface area contributed by atoms with Crippen molar-refractivity contribution in [3.05, 3.63) is 77.3 Å². The van der Waals surface area contributed by atoms with E-state index in [0.29, 0.717) is 23.8 Å². The predicted molar refractivity (Wildman–Crippen MR) is 120 cm³/mol. The molecule has 4 aromatic rings. The lowest BCUT2D eigenvalue weighted by Gasteiger charge is -2.25. The third-order valence-electron chi connectivity index (χ3n) is 5.56. The van der Waals surface area contributed by atoms with Gasteiger partial charge in [-0.05, 0) is 37.1 Å².